The van der Waals surface area contributed by atoms with Gasteiger partial charge >= 0.3 is 5.97 Å². The highest BCUT2D eigenvalue weighted by molar-refractivity contribution is 5.94. The predicted molar refractivity (Wildman–Crippen MR) is 131 cm³/mol. The van der Waals surface area contributed by atoms with Gasteiger partial charge in [-0.3, -0.25) is 9.78 Å². The number of aromatic nitrogens is 1. The van der Waals surface area contributed by atoms with Gasteiger partial charge in [0, 0.05) is 36.5 Å². The molecule has 0 saturated heterocycles. The quantitative estimate of drug-likeness (QED) is 0.410. The van der Waals surface area contributed by atoms with E-state index in [0.29, 0.717) is 18.5 Å². The first-order chi connectivity index (χ1) is 16.6. The Labute approximate surface area is 198 Å². The topological polar surface area (TPSA) is 79.3 Å². The summed E-state index contributed by atoms with van der Waals surface area (Å²) in [6.07, 6.45) is 4.19. The second kappa shape index (κ2) is 10.8. The minimum atomic E-state index is -0.977. The molecule has 4 aromatic rings. The smallest absolute Gasteiger partial charge is 0.335 e. The fourth-order valence-electron chi connectivity index (χ4n) is 3.43. The van der Waals surface area contributed by atoms with Gasteiger partial charge in [0.2, 0.25) is 0 Å². The van der Waals surface area contributed by atoms with Crippen LogP contribution in [0, 0.1) is 11.8 Å². The molecule has 1 heterocycles. The van der Waals surface area contributed by atoms with E-state index >= 15 is 0 Å². The Morgan fingerprint density at radius 1 is 0.824 bits per heavy atom. The van der Waals surface area contributed by atoms with Crippen LogP contribution >= 0.6 is 0 Å². The number of nitrogens with one attached hydrogen (secondary N) is 1. The minimum absolute atomic E-state index is 0.213. The van der Waals surface area contributed by atoms with Crippen molar-refractivity contribution in [3.8, 4) is 23.0 Å². The molecule has 0 spiro atoms. The molecule has 4 rings (SSSR count). The average molecular weight is 447 g/mol. The standard InChI is InChI=1S/C29H22N2O3/c32-28(31-19-23-12-14-24(15-13-23)29(33)34)26-10-3-8-22(18-26)6-1-5-21-7-2-9-25(17-21)27-11-4-16-30-20-27/h2-4,7-18,20H,5,19H2,(H,31,32)(H,33,34). The van der Waals surface area contributed by atoms with Crippen LogP contribution in [0.25, 0.3) is 11.1 Å². The maximum Gasteiger partial charge on any atom is 0.335 e. The molecule has 0 fully saturated rings. The second-order valence-corrected chi connectivity index (χ2v) is 7.69. The number of carboxylic acids is 1. The van der Waals surface area contributed by atoms with Crippen LogP contribution in [0.2, 0.25) is 0 Å². The third kappa shape index (κ3) is 5.96. The number of carbonyl (C=O) groups is 2. The highest BCUT2D eigenvalue weighted by atomic mass is 16.4. The van der Waals surface area contributed by atoms with Crippen molar-refractivity contribution >= 4 is 11.9 Å². The van der Waals surface area contributed by atoms with Gasteiger partial charge in [-0.2, -0.15) is 0 Å². The molecular weight excluding hydrogens is 424 g/mol. The molecule has 2 N–H and O–H groups in total. The normalized spacial score (nSPS) is 10.1. The predicted octanol–water partition coefficient (Wildman–Crippen LogP) is 4.97. The number of benzene rings is 3. The van der Waals surface area contributed by atoms with Crippen LogP contribution in [0.1, 0.15) is 37.4 Å². The molecule has 0 bridgehead atoms. The number of hydrogen-bond donors (Lipinski definition) is 2. The molecule has 1 amide bonds. The van der Waals surface area contributed by atoms with Crippen molar-refractivity contribution in [3.05, 3.63) is 125 Å². The molecule has 0 aliphatic heterocycles. The first kappa shape index (κ1) is 22.5. The molecule has 0 aliphatic rings. The van der Waals surface area contributed by atoms with Crippen molar-refractivity contribution < 1.29 is 14.7 Å². The Hall–Kier alpha value is -4.69. The molecule has 0 aliphatic carbocycles. The van der Waals surface area contributed by atoms with Crippen LogP contribution in [-0.4, -0.2) is 22.0 Å². The van der Waals surface area contributed by atoms with Crippen molar-refractivity contribution in [3.63, 3.8) is 0 Å². The van der Waals surface area contributed by atoms with E-state index in [1.807, 2.05) is 42.6 Å². The van der Waals surface area contributed by atoms with E-state index in [1.54, 1.807) is 30.5 Å². The molecule has 34 heavy (non-hydrogen) atoms. The first-order valence-electron chi connectivity index (χ1n) is 10.8. The second-order valence-electron chi connectivity index (χ2n) is 7.69. The van der Waals surface area contributed by atoms with E-state index in [0.717, 1.165) is 27.8 Å². The van der Waals surface area contributed by atoms with Gasteiger partial charge < -0.3 is 10.4 Å². The molecule has 0 radical (unpaired) electrons. The Kier molecular flexibility index (Phi) is 7.12. The number of hydrogen-bond acceptors (Lipinski definition) is 3. The monoisotopic (exact) mass is 446 g/mol. The molecule has 0 atom stereocenters. The lowest BCUT2D eigenvalue weighted by atomic mass is 10.0. The Morgan fingerprint density at radius 2 is 1.62 bits per heavy atom. The highest BCUT2D eigenvalue weighted by Crippen LogP contribution is 2.19. The molecule has 5 heteroatoms. The van der Waals surface area contributed by atoms with E-state index in [-0.39, 0.29) is 11.5 Å². The summed E-state index contributed by atoms with van der Waals surface area (Å²) >= 11 is 0. The lowest BCUT2D eigenvalue weighted by molar-refractivity contribution is 0.0696. The van der Waals surface area contributed by atoms with Crippen molar-refractivity contribution in [1.82, 2.24) is 10.3 Å². The lowest BCUT2D eigenvalue weighted by Gasteiger charge is -2.06. The van der Waals surface area contributed by atoms with Crippen molar-refractivity contribution in [2.24, 2.45) is 0 Å². The van der Waals surface area contributed by atoms with Crippen LogP contribution < -0.4 is 5.32 Å². The van der Waals surface area contributed by atoms with E-state index in [2.05, 4.69) is 34.3 Å². The molecule has 0 unspecified atom stereocenters. The summed E-state index contributed by atoms with van der Waals surface area (Å²) in [5.74, 6) is 5.14. The van der Waals surface area contributed by atoms with E-state index in [1.165, 1.54) is 12.1 Å². The van der Waals surface area contributed by atoms with Gasteiger partial charge in [-0.15, -0.1) is 0 Å². The van der Waals surface area contributed by atoms with Gasteiger partial charge in [0.05, 0.1) is 5.56 Å². The third-order valence-corrected chi connectivity index (χ3v) is 5.23. The summed E-state index contributed by atoms with van der Waals surface area (Å²) in [6.45, 7) is 0.307. The highest BCUT2D eigenvalue weighted by Gasteiger charge is 2.07. The fourth-order valence-corrected chi connectivity index (χ4v) is 3.43. The van der Waals surface area contributed by atoms with Gasteiger partial charge in [-0.1, -0.05) is 60.4 Å². The Morgan fingerprint density at radius 3 is 2.38 bits per heavy atom. The number of rotatable bonds is 6. The number of pyridine rings is 1. The lowest BCUT2D eigenvalue weighted by Crippen LogP contribution is -2.22. The summed E-state index contributed by atoms with van der Waals surface area (Å²) in [5.41, 5.74) is 5.59. The zero-order valence-corrected chi connectivity index (χ0v) is 18.4. The van der Waals surface area contributed by atoms with E-state index in [9.17, 15) is 9.59 Å². The largest absolute Gasteiger partial charge is 0.478 e. The fraction of sp³-hybridized carbons (Fsp3) is 0.0690. The number of amides is 1. The number of carboxylic acid groups (broad SMARTS) is 1. The summed E-state index contributed by atoms with van der Waals surface area (Å²) in [6, 6.07) is 25.8. The van der Waals surface area contributed by atoms with Crippen LogP contribution in [0.5, 0.6) is 0 Å². The zero-order chi connectivity index (χ0) is 23.8. The summed E-state index contributed by atoms with van der Waals surface area (Å²) in [4.78, 5) is 27.7. The number of aromatic carboxylic acids is 1. The number of carbonyl (C=O) groups excluding carboxylic acids is 1. The van der Waals surface area contributed by atoms with Gasteiger partial charge in [0.15, 0.2) is 0 Å². The van der Waals surface area contributed by atoms with Gasteiger partial charge in [-0.05, 0) is 58.7 Å². The van der Waals surface area contributed by atoms with Crippen molar-refractivity contribution in [2.45, 2.75) is 13.0 Å². The van der Waals surface area contributed by atoms with E-state index in [4.69, 9.17) is 5.11 Å². The maximum atomic E-state index is 12.6. The van der Waals surface area contributed by atoms with Crippen LogP contribution in [0.15, 0.2) is 97.3 Å². The minimum Gasteiger partial charge on any atom is -0.478 e. The van der Waals surface area contributed by atoms with Crippen molar-refractivity contribution in [2.75, 3.05) is 0 Å². The zero-order valence-electron chi connectivity index (χ0n) is 18.4. The summed E-state index contributed by atoms with van der Waals surface area (Å²) < 4.78 is 0. The van der Waals surface area contributed by atoms with Crippen molar-refractivity contribution in [1.29, 1.82) is 0 Å². The van der Waals surface area contributed by atoms with Crippen LogP contribution in [0.3, 0.4) is 0 Å². The van der Waals surface area contributed by atoms with E-state index < -0.39 is 5.97 Å². The van der Waals surface area contributed by atoms with Gasteiger partial charge in [-0.25, -0.2) is 4.79 Å². The van der Waals surface area contributed by atoms with Gasteiger partial charge in [0.25, 0.3) is 5.91 Å². The van der Waals surface area contributed by atoms with Crippen LogP contribution in [0.4, 0.5) is 0 Å². The maximum absolute atomic E-state index is 12.6. The SMILES string of the molecule is O=C(O)c1ccc(CNC(=O)c2cccc(C#CCc3cccc(-c4cccnc4)c3)c2)cc1. The summed E-state index contributed by atoms with van der Waals surface area (Å²) in [7, 11) is 0. The third-order valence-electron chi connectivity index (χ3n) is 5.23. The molecule has 1 aromatic heterocycles. The van der Waals surface area contributed by atoms with Gasteiger partial charge in [0.1, 0.15) is 0 Å². The molecule has 166 valence electrons. The Balaban J connectivity index is 1.38. The molecule has 0 saturated carbocycles. The Bertz CT molecular complexity index is 1370. The molecular formula is C29H22N2O3. The number of nitrogens with zero attached hydrogens (tertiary/aromatic N) is 1. The molecule has 3 aromatic carbocycles. The first-order valence-corrected chi connectivity index (χ1v) is 10.8. The van der Waals surface area contributed by atoms with Crippen LogP contribution in [-0.2, 0) is 13.0 Å². The summed E-state index contributed by atoms with van der Waals surface area (Å²) in [5, 5.41) is 11.8. The molecule has 5 nitrogen and oxygen atoms in total. The average Bonchev–Trinajstić information content (AvgIpc) is 2.88.